The number of aromatic nitrogens is 2. The van der Waals surface area contributed by atoms with Gasteiger partial charge in [0.1, 0.15) is 0 Å². The van der Waals surface area contributed by atoms with Gasteiger partial charge >= 0.3 is 0 Å². The fourth-order valence-corrected chi connectivity index (χ4v) is 1.56. The first-order valence-corrected chi connectivity index (χ1v) is 6.39. The molecule has 19 heavy (non-hydrogen) atoms. The van der Waals surface area contributed by atoms with Crippen LogP contribution in [0.4, 0.5) is 0 Å². The van der Waals surface area contributed by atoms with Crippen LogP contribution in [-0.4, -0.2) is 46.0 Å². The zero-order chi connectivity index (χ0) is 14.4. The normalized spacial score (nSPS) is 10.4. The zero-order valence-corrected chi connectivity index (χ0v) is 11.9. The van der Waals surface area contributed by atoms with E-state index < -0.39 is 0 Å². The van der Waals surface area contributed by atoms with E-state index in [-0.39, 0.29) is 35.2 Å². The molecule has 1 aromatic rings. The lowest BCUT2D eigenvalue weighted by molar-refractivity contribution is -0.122. The fourth-order valence-electron chi connectivity index (χ4n) is 1.46. The summed E-state index contributed by atoms with van der Waals surface area (Å²) in [7, 11) is 0. The molecule has 1 heterocycles. The van der Waals surface area contributed by atoms with Gasteiger partial charge in [0.05, 0.1) is 6.54 Å². The van der Waals surface area contributed by atoms with Gasteiger partial charge in [0.15, 0.2) is 10.8 Å². The third kappa shape index (κ3) is 4.82. The summed E-state index contributed by atoms with van der Waals surface area (Å²) in [6.07, 6.45) is 0. The summed E-state index contributed by atoms with van der Waals surface area (Å²) < 4.78 is 0. The van der Waals surface area contributed by atoms with Crippen molar-refractivity contribution in [2.75, 3.05) is 13.1 Å². The first-order valence-electron chi connectivity index (χ1n) is 6.02. The van der Waals surface area contributed by atoms with E-state index in [4.69, 9.17) is 11.6 Å². The molecule has 0 unspecified atom stereocenters. The lowest BCUT2D eigenvalue weighted by Crippen LogP contribution is -2.42. The van der Waals surface area contributed by atoms with E-state index in [1.165, 1.54) is 17.0 Å². The molecule has 104 valence electrons. The molecule has 6 nitrogen and oxygen atoms in total. The third-order valence-corrected chi connectivity index (χ3v) is 2.51. The number of carbonyl (C=O) groups excluding carboxylic acids is 2. The van der Waals surface area contributed by atoms with Crippen molar-refractivity contribution in [3.05, 3.63) is 23.0 Å². The van der Waals surface area contributed by atoms with E-state index in [0.29, 0.717) is 6.54 Å². The second kappa shape index (κ2) is 7.04. The van der Waals surface area contributed by atoms with E-state index in [1.54, 1.807) is 6.92 Å². The SMILES string of the molecule is CCN(CC(=O)NC(C)C)C(=O)c1ccc(Cl)nn1. The largest absolute Gasteiger partial charge is 0.352 e. The number of rotatable bonds is 5. The molecule has 0 saturated carbocycles. The number of nitrogens with one attached hydrogen (secondary N) is 1. The zero-order valence-electron chi connectivity index (χ0n) is 11.2. The summed E-state index contributed by atoms with van der Waals surface area (Å²) in [6, 6.07) is 3.02. The number of halogens is 1. The Balaban J connectivity index is 2.71. The van der Waals surface area contributed by atoms with Crippen LogP contribution < -0.4 is 5.32 Å². The Morgan fingerprint density at radius 2 is 2.05 bits per heavy atom. The molecule has 0 spiro atoms. The highest BCUT2D eigenvalue weighted by Gasteiger charge is 2.19. The summed E-state index contributed by atoms with van der Waals surface area (Å²) in [5.74, 6) is -0.544. The maximum atomic E-state index is 12.1. The molecule has 0 fully saturated rings. The van der Waals surface area contributed by atoms with Gasteiger partial charge in [-0.2, -0.15) is 0 Å². The number of hydrogen-bond acceptors (Lipinski definition) is 4. The van der Waals surface area contributed by atoms with Gasteiger partial charge in [-0.05, 0) is 32.9 Å². The highest BCUT2D eigenvalue weighted by molar-refractivity contribution is 6.29. The number of hydrogen-bond donors (Lipinski definition) is 1. The monoisotopic (exact) mass is 284 g/mol. The van der Waals surface area contributed by atoms with Crippen molar-refractivity contribution in [2.45, 2.75) is 26.8 Å². The second-order valence-corrected chi connectivity index (χ2v) is 4.67. The van der Waals surface area contributed by atoms with Crippen LogP contribution in [0, 0.1) is 0 Å². The van der Waals surface area contributed by atoms with Gasteiger partial charge in [0.25, 0.3) is 5.91 Å². The predicted molar refractivity (Wildman–Crippen MR) is 71.9 cm³/mol. The Labute approximate surface area is 117 Å². The number of nitrogens with zero attached hydrogens (tertiary/aromatic N) is 3. The first kappa shape index (κ1) is 15.4. The van der Waals surface area contributed by atoms with Crippen LogP contribution in [0.25, 0.3) is 0 Å². The van der Waals surface area contributed by atoms with E-state index in [1.807, 2.05) is 13.8 Å². The molecule has 0 aliphatic carbocycles. The van der Waals surface area contributed by atoms with Crippen LogP contribution in [0.2, 0.25) is 5.15 Å². The Morgan fingerprint density at radius 3 is 2.53 bits per heavy atom. The van der Waals surface area contributed by atoms with Crippen LogP contribution >= 0.6 is 11.6 Å². The fraction of sp³-hybridized carbons (Fsp3) is 0.500. The summed E-state index contributed by atoms with van der Waals surface area (Å²) >= 11 is 5.61. The van der Waals surface area contributed by atoms with Crippen molar-refractivity contribution in [3.8, 4) is 0 Å². The number of likely N-dealkylation sites (N-methyl/N-ethyl adjacent to an activating group) is 1. The minimum absolute atomic E-state index is 0.00216. The topological polar surface area (TPSA) is 75.2 Å². The molecule has 0 atom stereocenters. The van der Waals surface area contributed by atoms with E-state index >= 15 is 0 Å². The summed E-state index contributed by atoms with van der Waals surface area (Å²) in [4.78, 5) is 25.2. The van der Waals surface area contributed by atoms with Crippen LogP contribution in [0.15, 0.2) is 12.1 Å². The van der Waals surface area contributed by atoms with E-state index in [2.05, 4.69) is 15.5 Å². The van der Waals surface area contributed by atoms with Crippen molar-refractivity contribution in [1.29, 1.82) is 0 Å². The van der Waals surface area contributed by atoms with Gasteiger partial charge in [-0.15, -0.1) is 10.2 Å². The lowest BCUT2D eigenvalue weighted by Gasteiger charge is -2.20. The van der Waals surface area contributed by atoms with Gasteiger partial charge in [0, 0.05) is 12.6 Å². The average molecular weight is 285 g/mol. The highest BCUT2D eigenvalue weighted by atomic mass is 35.5. The van der Waals surface area contributed by atoms with E-state index in [9.17, 15) is 9.59 Å². The number of amides is 2. The molecule has 1 N–H and O–H groups in total. The number of carbonyl (C=O) groups is 2. The standard InChI is InChI=1S/C12H17ClN4O2/c1-4-17(7-11(18)14-8(2)3)12(19)9-5-6-10(13)16-15-9/h5-6,8H,4,7H2,1-3H3,(H,14,18). The minimum atomic E-state index is -0.342. The molecule has 0 saturated heterocycles. The molecule has 1 rings (SSSR count). The van der Waals surface area contributed by atoms with Crippen molar-refractivity contribution in [2.24, 2.45) is 0 Å². The predicted octanol–water partition coefficient (Wildman–Crippen LogP) is 1.12. The smallest absolute Gasteiger partial charge is 0.274 e. The van der Waals surface area contributed by atoms with Crippen molar-refractivity contribution >= 4 is 23.4 Å². The highest BCUT2D eigenvalue weighted by Crippen LogP contribution is 2.05. The van der Waals surface area contributed by atoms with E-state index in [0.717, 1.165) is 0 Å². The molecule has 0 bridgehead atoms. The van der Waals surface area contributed by atoms with Crippen LogP contribution in [0.3, 0.4) is 0 Å². The third-order valence-electron chi connectivity index (χ3n) is 2.30. The quantitative estimate of drug-likeness (QED) is 0.879. The Kier molecular flexibility index (Phi) is 5.69. The van der Waals surface area contributed by atoms with Crippen LogP contribution in [0.5, 0.6) is 0 Å². The van der Waals surface area contributed by atoms with Gasteiger partial charge in [-0.1, -0.05) is 11.6 Å². The molecule has 1 aromatic heterocycles. The molecule has 0 aliphatic heterocycles. The van der Waals surface area contributed by atoms with Gasteiger partial charge in [0.2, 0.25) is 5.91 Å². The Bertz CT molecular complexity index is 448. The summed E-state index contributed by atoms with van der Waals surface area (Å²) in [5, 5.41) is 10.3. The minimum Gasteiger partial charge on any atom is -0.352 e. The molecular formula is C12H17ClN4O2. The van der Waals surface area contributed by atoms with Crippen molar-refractivity contribution in [1.82, 2.24) is 20.4 Å². The van der Waals surface area contributed by atoms with Gasteiger partial charge in [-0.25, -0.2) is 0 Å². The van der Waals surface area contributed by atoms with Gasteiger partial charge < -0.3 is 10.2 Å². The Morgan fingerprint density at radius 1 is 1.37 bits per heavy atom. The maximum absolute atomic E-state index is 12.1. The molecule has 0 aromatic carbocycles. The van der Waals surface area contributed by atoms with Crippen molar-refractivity contribution < 1.29 is 9.59 Å². The van der Waals surface area contributed by atoms with Gasteiger partial charge in [-0.3, -0.25) is 9.59 Å². The lowest BCUT2D eigenvalue weighted by atomic mass is 10.3. The maximum Gasteiger partial charge on any atom is 0.274 e. The second-order valence-electron chi connectivity index (χ2n) is 4.28. The van der Waals surface area contributed by atoms with Crippen molar-refractivity contribution in [3.63, 3.8) is 0 Å². The average Bonchev–Trinajstić information content (AvgIpc) is 2.35. The molecule has 2 amide bonds. The summed E-state index contributed by atoms with van der Waals surface area (Å²) in [5.41, 5.74) is 0.170. The molecular weight excluding hydrogens is 268 g/mol. The first-order chi connectivity index (χ1) is 8.93. The molecule has 7 heteroatoms. The molecule has 0 radical (unpaired) electrons. The van der Waals surface area contributed by atoms with Crippen LogP contribution in [-0.2, 0) is 4.79 Å². The Hall–Kier alpha value is -1.69. The molecule has 0 aliphatic rings. The summed E-state index contributed by atoms with van der Waals surface area (Å²) in [6.45, 7) is 5.93. The van der Waals surface area contributed by atoms with Crippen LogP contribution in [0.1, 0.15) is 31.3 Å².